The van der Waals surface area contributed by atoms with Crippen LogP contribution in [0.2, 0.25) is 0 Å². The SMILES string of the molecule is C[C@](C#N)(NC(=O)CSc1nnc(-c2c[nH]c3ccccc23)o1)C1CC1. The van der Waals surface area contributed by atoms with E-state index in [9.17, 15) is 10.1 Å². The van der Waals surface area contributed by atoms with E-state index in [1.165, 1.54) is 0 Å². The first-order valence-corrected chi connectivity index (χ1v) is 9.33. The molecule has 2 aromatic heterocycles. The van der Waals surface area contributed by atoms with E-state index in [4.69, 9.17) is 4.42 Å². The van der Waals surface area contributed by atoms with Crippen LogP contribution in [0.4, 0.5) is 0 Å². The molecule has 0 unspecified atom stereocenters. The third kappa shape index (κ3) is 3.18. The smallest absolute Gasteiger partial charge is 0.277 e. The Morgan fingerprint density at radius 3 is 3.04 bits per heavy atom. The van der Waals surface area contributed by atoms with Gasteiger partial charge in [-0.05, 0) is 31.7 Å². The second kappa shape index (κ2) is 6.50. The van der Waals surface area contributed by atoms with Gasteiger partial charge in [-0.2, -0.15) is 5.26 Å². The maximum atomic E-state index is 12.2. The van der Waals surface area contributed by atoms with Crippen LogP contribution < -0.4 is 5.32 Å². The number of carbonyl (C=O) groups is 1. The topological polar surface area (TPSA) is 108 Å². The predicted octanol–water partition coefficient (Wildman–Crippen LogP) is 3.12. The van der Waals surface area contributed by atoms with Gasteiger partial charge in [-0.15, -0.1) is 10.2 Å². The highest BCUT2D eigenvalue weighted by Gasteiger charge is 2.42. The summed E-state index contributed by atoms with van der Waals surface area (Å²) in [4.78, 5) is 15.3. The van der Waals surface area contributed by atoms with Crippen molar-refractivity contribution in [1.29, 1.82) is 5.26 Å². The van der Waals surface area contributed by atoms with Gasteiger partial charge in [0.15, 0.2) is 0 Å². The Morgan fingerprint density at radius 1 is 1.46 bits per heavy atom. The zero-order valence-electron chi connectivity index (χ0n) is 14.2. The lowest BCUT2D eigenvalue weighted by molar-refractivity contribution is -0.119. The van der Waals surface area contributed by atoms with Crippen LogP contribution >= 0.6 is 11.8 Å². The standard InChI is InChI=1S/C18H17N5O2S/c1-18(10-19,11-6-7-11)21-15(24)9-26-17-23-22-16(25-17)13-8-20-14-5-3-2-4-12(13)14/h2-5,8,11,20H,6-7,9H2,1H3,(H,21,24)/t18-/m1/s1. The van der Waals surface area contributed by atoms with E-state index in [-0.39, 0.29) is 17.6 Å². The molecular formula is C18H17N5O2S. The molecule has 0 radical (unpaired) electrons. The summed E-state index contributed by atoms with van der Waals surface area (Å²) in [6.45, 7) is 1.77. The van der Waals surface area contributed by atoms with Crippen molar-refractivity contribution in [2.45, 2.75) is 30.5 Å². The summed E-state index contributed by atoms with van der Waals surface area (Å²) in [5.41, 5.74) is 1.03. The molecule has 0 aliphatic heterocycles. The van der Waals surface area contributed by atoms with E-state index in [1.807, 2.05) is 30.5 Å². The Kier molecular flexibility index (Phi) is 4.17. The van der Waals surface area contributed by atoms with E-state index in [0.717, 1.165) is 41.1 Å². The van der Waals surface area contributed by atoms with Crippen molar-refractivity contribution < 1.29 is 9.21 Å². The van der Waals surface area contributed by atoms with Gasteiger partial charge in [-0.3, -0.25) is 4.79 Å². The number of nitriles is 1. The van der Waals surface area contributed by atoms with Crippen molar-refractivity contribution >= 4 is 28.6 Å². The van der Waals surface area contributed by atoms with Crippen LogP contribution in [0.3, 0.4) is 0 Å². The lowest BCUT2D eigenvalue weighted by Gasteiger charge is -2.22. The average molecular weight is 367 g/mol. The van der Waals surface area contributed by atoms with Crippen molar-refractivity contribution in [1.82, 2.24) is 20.5 Å². The predicted molar refractivity (Wildman–Crippen MR) is 97.2 cm³/mol. The first kappa shape index (κ1) is 16.7. The quantitative estimate of drug-likeness (QED) is 0.648. The number of nitrogens with one attached hydrogen (secondary N) is 2. The lowest BCUT2D eigenvalue weighted by Crippen LogP contribution is -2.47. The second-order valence-corrected chi connectivity index (χ2v) is 7.47. The van der Waals surface area contributed by atoms with Crippen LogP contribution in [0.15, 0.2) is 40.1 Å². The molecular weight excluding hydrogens is 350 g/mol. The Morgan fingerprint density at radius 2 is 2.27 bits per heavy atom. The van der Waals surface area contributed by atoms with Crippen molar-refractivity contribution in [3.8, 4) is 17.5 Å². The molecule has 1 aliphatic rings. The van der Waals surface area contributed by atoms with Crippen LogP contribution in [0, 0.1) is 17.2 Å². The number of nitrogens with zero attached hydrogens (tertiary/aromatic N) is 3. The fraction of sp³-hybridized carbons (Fsp3) is 0.333. The molecule has 8 heteroatoms. The maximum absolute atomic E-state index is 12.2. The van der Waals surface area contributed by atoms with Crippen LogP contribution in [0.25, 0.3) is 22.4 Å². The van der Waals surface area contributed by atoms with Gasteiger partial charge in [-0.25, -0.2) is 0 Å². The Balaban J connectivity index is 1.41. The van der Waals surface area contributed by atoms with Gasteiger partial charge in [0, 0.05) is 17.1 Å². The van der Waals surface area contributed by atoms with Crippen LogP contribution in [-0.4, -0.2) is 32.4 Å². The molecule has 1 amide bonds. The summed E-state index contributed by atoms with van der Waals surface area (Å²) < 4.78 is 5.68. The summed E-state index contributed by atoms with van der Waals surface area (Å²) in [7, 11) is 0. The number of hydrogen-bond donors (Lipinski definition) is 2. The number of rotatable bonds is 6. The van der Waals surface area contributed by atoms with E-state index in [0.29, 0.717) is 11.1 Å². The van der Waals surface area contributed by atoms with Gasteiger partial charge in [0.25, 0.3) is 11.1 Å². The molecule has 2 N–H and O–H groups in total. The molecule has 1 aromatic carbocycles. The summed E-state index contributed by atoms with van der Waals surface area (Å²) in [5, 5.41) is 21.5. The highest BCUT2D eigenvalue weighted by Crippen LogP contribution is 2.39. The number of H-pyrrole nitrogens is 1. The number of hydrogen-bond acceptors (Lipinski definition) is 6. The fourth-order valence-corrected chi connectivity index (χ4v) is 3.52. The highest BCUT2D eigenvalue weighted by atomic mass is 32.2. The fourth-order valence-electron chi connectivity index (χ4n) is 2.96. The largest absolute Gasteiger partial charge is 0.411 e. The summed E-state index contributed by atoms with van der Waals surface area (Å²) in [5.74, 6) is 0.570. The van der Waals surface area contributed by atoms with Crippen LogP contribution in [0.1, 0.15) is 19.8 Å². The number of carbonyl (C=O) groups excluding carboxylic acids is 1. The molecule has 1 fully saturated rings. The van der Waals surface area contributed by atoms with E-state index in [2.05, 4.69) is 26.6 Å². The maximum Gasteiger partial charge on any atom is 0.277 e. The molecule has 0 bridgehead atoms. The molecule has 1 atom stereocenters. The zero-order valence-corrected chi connectivity index (χ0v) is 15.0. The lowest BCUT2D eigenvalue weighted by atomic mass is 9.98. The van der Waals surface area contributed by atoms with Crippen molar-refractivity contribution in [3.05, 3.63) is 30.5 Å². The number of amides is 1. The van der Waals surface area contributed by atoms with Crippen molar-refractivity contribution in [3.63, 3.8) is 0 Å². The number of fused-ring (bicyclic) bond motifs is 1. The zero-order chi connectivity index (χ0) is 18.1. The third-order valence-electron chi connectivity index (χ3n) is 4.58. The molecule has 2 heterocycles. The van der Waals surface area contributed by atoms with E-state index in [1.54, 1.807) is 6.92 Å². The van der Waals surface area contributed by atoms with E-state index >= 15 is 0 Å². The van der Waals surface area contributed by atoms with Crippen molar-refractivity contribution in [2.24, 2.45) is 5.92 Å². The molecule has 0 spiro atoms. The average Bonchev–Trinajstić information content (AvgIpc) is 3.27. The van der Waals surface area contributed by atoms with Crippen LogP contribution in [-0.2, 0) is 4.79 Å². The molecule has 7 nitrogen and oxygen atoms in total. The Labute approximate surface area is 154 Å². The summed E-state index contributed by atoms with van der Waals surface area (Å²) in [6, 6.07) is 10.1. The van der Waals surface area contributed by atoms with Gasteiger partial charge >= 0.3 is 0 Å². The molecule has 1 saturated carbocycles. The summed E-state index contributed by atoms with van der Waals surface area (Å²) >= 11 is 1.16. The number of benzene rings is 1. The van der Waals surface area contributed by atoms with Crippen LogP contribution in [0.5, 0.6) is 0 Å². The first-order valence-electron chi connectivity index (χ1n) is 8.34. The third-order valence-corrected chi connectivity index (χ3v) is 5.40. The van der Waals surface area contributed by atoms with Gasteiger partial charge in [-0.1, -0.05) is 30.0 Å². The second-order valence-electron chi connectivity index (χ2n) is 6.55. The molecule has 1 aliphatic carbocycles. The normalized spacial score (nSPS) is 16.2. The van der Waals surface area contributed by atoms with Gasteiger partial charge in [0.05, 0.1) is 17.4 Å². The first-order chi connectivity index (χ1) is 12.6. The highest BCUT2D eigenvalue weighted by molar-refractivity contribution is 7.99. The summed E-state index contributed by atoms with van der Waals surface area (Å²) in [6.07, 6.45) is 3.79. The molecule has 132 valence electrons. The number of aromatic amines is 1. The molecule has 26 heavy (non-hydrogen) atoms. The minimum Gasteiger partial charge on any atom is -0.411 e. The monoisotopic (exact) mass is 367 g/mol. The Hall–Kier alpha value is -2.79. The van der Waals surface area contributed by atoms with E-state index < -0.39 is 5.54 Å². The van der Waals surface area contributed by atoms with Gasteiger partial charge < -0.3 is 14.7 Å². The Bertz CT molecular complexity index is 1000. The number of thioether (sulfide) groups is 1. The number of para-hydroxylation sites is 1. The van der Waals surface area contributed by atoms with Gasteiger partial charge in [0.1, 0.15) is 5.54 Å². The molecule has 3 aromatic rings. The minimum atomic E-state index is -0.790. The van der Waals surface area contributed by atoms with Gasteiger partial charge in [0.2, 0.25) is 5.91 Å². The number of aromatic nitrogens is 3. The van der Waals surface area contributed by atoms with Crippen molar-refractivity contribution in [2.75, 3.05) is 5.75 Å². The molecule has 0 saturated heterocycles. The minimum absolute atomic E-state index is 0.125. The molecule has 4 rings (SSSR count).